The number of aromatic nitrogens is 1. The van der Waals surface area contributed by atoms with Crippen molar-refractivity contribution in [2.75, 3.05) is 7.05 Å². The Bertz CT molecular complexity index is 1200. The quantitative estimate of drug-likeness (QED) is 0.567. The Hall–Kier alpha value is -3.15. The molecule has 1 fully saturated rings. The van der Waals surface area contributed by atoms with E-state index in [1.165, 1.54) is 12.1 Å². The molecular weight excluding hydrogens is 419 g/mol. The van der Waals surface area contributed by atoms with E-state index < -0.39 is 5.97 Å². The number of amides is 1. The number of aliphatic carboxylic acids is 1. The Morgan fingerprint density at radius 3 is 2.55 bits per heavy atom. The number of para-hydroxylation sites is 1. The fraction of sp³-hybridized carbons (Fsp3) is 0.407. The van der Waals surface area contributed by atoms with E-state index in [1.54, 1.807) is 12.1 Å². The van der Waals surface area contributed by atoms with Gasteiger partial charge in [0.2, 0.25) is 5.91 Å². The van der Waals surface area contributed by atoms with Gasteiger partial charge in [0, 0.05) is 36.2 Å². The number of halogens is 1. The van der Waals surface area contributed by atoms with Gasteiger partial charge in [-0.2, -0.15) is 0 Å². The molecule has 1 aromatic heterocycles. The van der Waals surface area contributed by atoms with Gasteiger partial charge >= 0.3 is 5.97 Å². The van der Waals surface area contributed by atoms with Crippen LogP contribution in [0.1, 0.15) is 48.4 Å². The molecule has 1 N–H and O–H groups in total. The van der Waals surface area contributed by atoms with E-state index in [1.807, 2.05) is 36.2 Å². The third-order valence-corrected chi connectivity index (χ3v) is 7.36. The predicted octanol–water partition coefficient (Wildman–Crippen LogP) is 4.76. The van der Waals surface area contributed by atoms with Crippen LogP contribution in [0.2, 0.25) is 0 Å². The average molecular weight is 449 g/mol. The van der Waals surface area contributed by atoms with Crippen molar-refractivity contribution in [3.05, 3.63) is 71.2 Å². The van der Waals surface area contributed by atoms with Gasteiger partial charge in [-0.05, 0) is 54.5 Å². The van der Waals surface area contributed by atoms with Crippen LogP contribution in [-0.4, -0.2) is 39.5 Å². The van der Waals surface area contributed by atoms with Crippen molar-refractivity contribution >= 4 is 22.8 Å². The van der Waals surface area contributed by atoms with Crippen molar-refractivity contribution < 1.29 is 19.1 Å². The molecular formula is C27H29FN2O3. The molecule has 0 bridgehead atoms. The van der Waals surface area contributed by atoms with E-state index in [0.717, 1.165) is 59.8 Å². The van der Waals surface area contributed by atoms with Crippen LogP contribution in [0.3, 0.4) is 0 Å². The second-order valence-electron chi connectivity index (χ2n) is 9.55. The third kappa shape index (κ3) is 4.26. The number of fused-ring (bicyclic) bond motifs is 3. The number of benzene rings is 2. The van der Waals surface area contributed by atoms with Crippen LogP contribution in [0, 0.1) is 11.7 Å². The van der Waals surface area contributed by atoms with Gasteiger partial charge in [0.05, 0.1) is 12.3 Å². The molecule has 33 heavy (non-hydrogen) atoms. The highest BCUT2D eigenvalue weighted by molar-refractivity contribution is 5.89. The number of likely N-dealkylation sites (N-methyl/N-ethyl adjacent to an activating group) is 1. The lowest BCUT2D eigenvalue weighted by molar-refractivity contribution is -0.136. The Morgan fingerprint density at radius 1 is 1.12 bits per heavy atom. The smallest absolute Gasteiger partial charge is 0.307 e. The van der Waals surface area contributed by atoms with Crippen LogP contribution in [-0.2, 0) is 29.0 Å². The highest BCUT2D eigenvalue weighted by Gasteiger charge is 2.35. The van der Waals surface area contributed by atoms with E-state index >= 15 is 0 Å². The second kappa shape index (κ2) is 8.65. The molecule has 1 saturated carbocycles. The van der Waals surface area contributed by atoms with Crippen LogP contribution in [0.15, 0.2) is 48.5 Å². The first-order valence-corrected chi connectivity index (χ1v) is 11.7. The largest absolute Gasteiger partial charge is 0.481 e. The standard InChI is InChI=1S/C27H29FN2O3/c1-29(27(33)22(14-17-6-7-17)18-8-10-19(28)11-9-18)20-12-13-25-23(15-26(31)32)21-4-2-3-5-24(21)30(25)16-20/h2-5,8-11,17,20,22H,6-7,12-16H2,1H3,(H,31,32)/t20-,22?/m1/s1. The summed E-state index contributed by atoms with van der Waals surface area (Å²) in [5.74, 6) is -0.716. The summed E-state index contributed by atoms with van der Waals surface area (Å²) in [4.78, 5) is 27.0. The number of rotatable bonds is 7. The fourth-order valence-corrected chi connectivity index (χ4v) is 5.38. The molecule has 2 atom stereocenters. The van der Waals surface area contributed by atoms with Gasteiger partial charge in [-0.25, -0.2) is 4.39 Å². The average Bonchev–Trinajstić information content (AvgIpc) is 3.60. The van der Waals surface area contributed by atoms with Crippen molar-refractivity contribution in [2.45, 2.75) is 57.0 Å². The third-order valence-electron chi connectivity index (χ3n) is 7.36. The van der Waals surface area contributed by atoms with Gasteiger partial charge in [-0.15, -0.1) is 0 Å². The first-order chi connectivity index (χ1) is 15.9. The molecule has 2 aromatic carbocycles. The van der Waals surface area contributed by atoms with Crippen LogP contribution in [0.4, 0.5) is 4.39 Å². The first-order valence-electron chi connectivity index (χ1n) is 11.7. The van der Waals surface area contributed by atoms with Gasteiger partial charge < -0.3 is 14.6 Å². The lowest BCUT2D eigenvalue weighted by atomic mass is 9.91. The fourth-order valence-electron chi connectivity index (χ4n) is 5.38. The van der Waals surface area contributed by atoms with Gasteiger partial charge in [-0.3, -0.25) is 9.59 Å². The van der Waals surface area contributed by atoms with E-state index in [0.29, 0.717) is 12.5 Å². The molecule has 5 nitrogen and oxygen atoms in total. The molecule has 6 heteroatoms. The van der Waals surface area contributed by atoms with Crippen LogP contribution in [0.5, 0.6) is 0 Å². The predicted molar refractivity (Wildman–Crippen MR) is 125 cm³/mol. The Labute approximate surface area is 192 Å². The zero-order chi connectivity index (χ0) is 23.1. The maximum absolute atomic E-state index is 13.7. The number of carboxylic acids is 1. The molecule has 0 saturated heterocycles. The maximum Gasteiger partial charge on any atom is 0.307 e. The molecule has 3 aromatic rings. The summed E-state index contributed by atoms with van der Waals surface area (Å²) < 4.78 is 15.7. The number of carbonyl (C=O) groups is 2. The van der Waals surface area contributed by atoms with Crippen molar-refractivity contribution in [3.8, 4) is 0 Å². The molecule has 172 valence electrons. The van der Waals surface area contributed by atoms with E-state index in [4.69, 9.17) is 0 Å². The van der Waals surface area contributed by atoms with Crippen molar-refractivity contribution in [2.24, 2.45) is 5.92 Å². The summed E-state index contributed by atoms with van der Waals surface area (Å²) in [7, 11) is 1.88. The molecule has 2 aliphatic rings. The summed E-state index contributed by atoms with van der Waals surface area (Å²) in [6.07, 6.45) is 4.67. The number of hydrogen-bond donors (Lipinski definition) is 1. The van der Waals surface area contributed by atoms with E-state index in [2.05, 4.69) is 4.57 Å². The molecule has 5 rings (SSSR count). The monoisotopic (exact) mass is 448 g/mol. The van der Waals surface area contributed by atoms with Crippen molar-refractivity contribution in [1.29, 1.82) is 0 Å². The molecule has 2 heterocycles. The zero-order valence-corrected chi connectivity index (χ0v) is 18.8. The van der Waals surface area contributed by atoms with Crippen LogP contribution < -0.4 is 0 Å². The van der Waals surface area contributed by atoms with Gasteiger partial charge in [-0.1, -0.05) is 43.2 Å². The number of nitrogens with zero attached hydrogens (tertiary/aromatic N) is 2. The highest BCUT2D eigenvalue weighted by atomic mass is 19.1. The molecule has 0 radical (unpaired) electrons. The Morgan fingerprint density at radius 2 is 1.85 bits per heavy atom. The summed E-state index contributed by atoms with van der Waals surface area (Å²) in [5, 5.41) is 10.4. The number of carboxylic acid groups (broad SMARTS) is 1. The molecule has 1 aliphatic heterocycles. The second-order valence-corrected chi connectivity index (χ2v) is 9.55. The summed E-state index contributed by atoms with van der Waals surface area (Å²) in [6, 6.07) is 14.3. The minimum atomic E-state index is -0.828. The topological polar surface area (TPSA) is 62.5 Å². The lowest BCUT2D eigenvalue weighted by Crippen LogP contribution is -2.44. The minimum absolute atomic E-state index is 0.0102. The SMILES string of the molecule is CN(C(=O)C(CC1CC1)c1ccc(F)cc1)[C@@H]1CCc2c(CC(=O)O)c3ccccc3n2C1. The van der Waals surface area contributed by atoms with E-state index in [-0.39, 0.29) is 30.1 Å². The lowest BCUT2D eigenvalue weighted by Gasteiger charge is -2.35. The summed E-state index contributed by atoms with van der Waals surface area (Å²) >= 11 is 0. The van der Waals surface area contributed by atoms with E-state index in [9.17, 15) is 19.1 Å². The summed E-state index contributed by atoms with van der Waals surface area (Å²) in [6.45, 7) is 0.650. The molecule has 1 aliphatic carbocycles. The zero-order valence-electron chi connectivity index (χ0n) is 18.8. The Kier molecular flexibility index (Phi) is 5.69. The maximum atomic E-state index is 13.7. The van der Waals surface area contributed by atoms with Crippen LogP contribution >= 0.6 is 0 Å². The molecule has 0 spiro atoms. The van der Waals surface area contributed by atoms with Gasteiger partial charge in [0.15, 0.2) is 0 Å². The van der Waals surface area contributed by atoms with Crippen LogP contribution in [0.25, 0.3) is 10.9 Å². The molecule has 1 unspecified atom stereocenters. The molecule has 1 amide bonds. The number of hydrogen-bond acceptors (Lipinski definition) is 2. The highest BCUT2D eigenvalue weighted by Crippen LogP contribution is 2.40. The number of carbonyl (C=O) groups excluding carboxylic acids is 1. The first kappa shape index (κ1) is 21.7. The van der Waals surface area contributed by atoms with Crippen molar-refractivity contribution in [3.63, 3.8) is 0 Å². The van der Waals surface area contributed by atoms with Crippen molar-refractivity contribution in [1.82, 2.24) is 9.47 Å². The Balaban J connectivity index is 1.42. The van der Waals surface area contributed by atoms with Gasteiger partial charge in [0.1, 0.15) is 5.82 Å². The van der Waals surface area contributed by atoms with Gasteiger partial charge in [0.25, 0.3) is 0 Å². The normalized spacial score (nSPS) is 18.7. The minimum Gasteiger partial charge on any atom is -0.481 e. The summed E-state index contributed by atoms with van der Waals surface area (Å²) in [5.41, 5.74) is 3.88.